The molecule has 0 spiro atoms. The Morgan fingerprint density at radius 3 is 2.63 bits per heavy atom. The third kappa shape index (κ3) is 4.80. The summed E-state index contributed by atoms with van der Waals surface area (Å²) < 4.78 is 33.9. The Labute approximate surface area is 163 Å². The quantitative estimate of drug-likeness (QED) is 0.580. The summed E-state index contributed by atoms with van der Waals surface area (Å²) in [6.07, 6.45) is 1.64. The molecule has 1 aromatic heterocycles. The third-order valence-corrected chi connectivity index (χ3v) is 4.55. The lowest BCUT2D eigenvalue weighted by Crippen LogP contribution is -2.26. The summed E-state index contributed by atoms with van der Waals surface area (Å²) in [5, 5.41) is 2.90. The van der Waals surface area contributed by atoms with Gasteiger partial charge in [-0.15, -0.1) is 0 Å². The number of rotatable bonds is 6. The van der Waals surface area contributed by atoms with E-state index in [4.69, 9.17) is 4.42 Å². The Bertz CT molecular complexity index is 938. The lowest BCUT2D eigenvalue weighted by molar-refractivity contribution is -0.121. The molecule has 7 heteroatoms. The monoisotopic (exact) mass is 434 g/mol. The molecule has 1 heterocycles. The predicted molar refractivity (Wildman–Crippen MR) is 101 cm³/mol. The van der Waals surface area contributed by atoms with E-state index in [9.17, 15) is 13.6 Å². The van der Waals surface area contributed by atoms with E-state index < -0.39 is 11.6 Å². The van der Waals surface area contributed by atoms with Crippen molar-refractivity contribution in [2.45, 2.75) is 25.8 Å². The fraction of sp³-hybridized carbons (Fsp3) is 0.200. The summed E-state index contributed by atoms with van der Waals surface area (Å²) in [7, 11) is 0. The van der Waals surface area contributed by atoms with E-state index >= 15 is 0 Å². The van der Waals surface area contributed by atoms with E-state index in [0.29, 0.717) is 0 Å². The van der Waals surface area contributed by atoms with Crippen LogP contribution in [0.5, 0.6) is 0 Å². The Hall–Kier alpha value is -2.54. The standard InChI is InChI=1S/C20H17BrF2N2O2/c1-12(13-4-2-5-14(21)10-13)25-18(26)8-9-19-24-11-17(27-19)20-15(22)6-3-7-16(20)23/h2-7,10-12H,8-9H2,1H3,(H,25,26). The van der Waals surface area contributed by atoms with Crippen molar-refractivity contribution in [3.8, 4) is 11.3 Å². The first-order valence-corrected chi connectivity index (χ1v) is 9.17. The van der Waals surface area contributed by atoms with Gasteiger partial charge in [0.1, 0.15) is 11.6 Å². The van der Waals surface area contributed by atoms with Crippen LogP contribution in [0.15, 0.2) is 57.6 Å². The number of hydrogen-bond donors (Lipinski definition) is 1. The molecule has 4 nitrogen and oxygen atoms in total. The Morgan fingerprint density at radius 1 is 1.22 bits per heavy atom. The van der Waals surface area contributed by atoms with Crippen molar-refractivity contribution < 1.29 is 18.0 Å². The van der Waals surface area contributed by atoms with Gasteiger partial charge in [-0.25, -0.2) is 13.8 Å². The van der Waals surface area contributed by atoms with Crippen molar-refractivity contribution in [3.05, 3.63) is 76.2 Å². The molecule has 0 saturated carbocycles. The molecule has 0 radical (unpaired) electrons. The van der Waals surface area contributed by atoms with Crippen LogP contribution in [0.4, 0.5) is 8.78 Å². The van der Waals surface area contributed by atoms with E-state index in [1.54, 1.807) is 0 Å². The highest BCUT2D eigenvalue weighted by Gasteiger charge is 2.17. The van der Waals surface area contributed by atoms with Crippen LogP contribution in [0.1, 0.15) is 30.8 Å². The van der Waals surface area contributed by atoms with Crippen molar-refractivity contribution in [2.75, 3.05) is 0 Å². The van der Waals surface area contributed by atoms with E-state index in [1.807, 2.05) is 31.2 Å². The van der Waals surface area contributed by atoms with Crippen LogP contribution in [-0.2, 0) is 11.2 Å². The SMILES string of the molecule is CC(NC(=O)CCc1ncc(-c2c(F)cccc2F)o1)c1cccc(Br)c1. The number of aryl methyl sites for hydroxylation is 1. The Balaban J connectivity index is 1.59. The number of oxazole rings is 1. The van der Waals surface area contributed by atoms with Crippen molar-refractivity contribution in [2.24, 2.45) is 0 Å². The van der Waals surface area contributed by atoms with Crippen molar-refractivity contribution in [1.82, 2.24) is 10.3 Å². The number of halogens is 3. The number of amides is 1. The lowest BCUT2D eigenvalue weighted by atomic mass is 10.1. The molecule has 0 saturated heterocycles. The highest BCUT2D eigenvalue weighted by molar-refractivity contribution is 9.10. The molecule has 0 fully saturated rings. The molecule has 0 aliphatic rings. The second-order valence-corrected chi connectivity index (χ2v) is 6.97. The number of carbonyl (C=O) groups is 1. The fourth-order valence-corrected chi connectivity index (χ4v) is 3.08. The van der Waals surface area contributed by atoms with Crippen LogP contribution in [0, 0.1) is 11.6 Å². The summed E-state index contributed by atoms with van der Waals surface area (Å²) in [4.78, 5) is 16.2. The molecule has 2 aromatic carbocycles. The van der Waals surface area contributed by atoms with Crippen molar-refractivity contribution in [3.63, 3.8) is 0 Å². The first-order chi connectivity index (χ1) is 12.9. The summed E-state index contributed by atoms with van der Waals surface area (Å²) in [5.41, 5.74) is 0.718. The lowest BCUT2D eigenvalue weighted by Gasteiger charge is -2.14. The summed E-state index contributed by atoms with van der Waals surface area (Å²) in [6, 6.07) is 11.1. The molecule has 0 aliphatic heterocycles. The third-order valence-electron chi connectivity index (χ3n) is 4.05. The smallest absolute Gasteiger partial charge is 0.220 e. The molecule has 1 N–H and O–H groups in total. The maximum atomic E-state index is 13.8. The van der Waals surface area contributed by atoms with Gasteiger partial charge in [0, 0.05) is 17.3 Å². The Kier molecular flexibility index (Phi) is 6.01. The normalized spacial score (nSPS) is 12.0. The predicted octanol–water partition coefficient (Wildman–Crippen LogP) is 5.19. The zero-order chi connectivity index (χ0) is 19.4. The Morgan fingerprint density at radius 2 is 1.93 bits per heavy atom. The molecule has 0 bridgehead atoms. The van der Waals surface area contributed by atoms with E-state index in [1.165, 1.54) is 12.3 Å². The molecule has 3 rings (SSSR count). The van der Waals surface area contributed by atoms with Gasteiger partial charge in [0.25, 0.3) is 0 Å². The molecule has 1 unspecified atom stereocenters. The van der Waals surface area contributed by atoms with Gasteiger partial charge in [0.15, 0.2) is 11.7 Å². The van der Waals surface area contributed by atoms with E-state index in [2.05, 4.69) is 26.2 Å². The zero-order valence-corrected chi connectivity index (χ0v) is 16.1. The van der Waals surface area contributed by atoms with Crippen molar-refractivity contribution >= 4 is 21.8 Å². The van der Waals surface area contributed by atoms with Crippen LogP contribution in [0.25, 0.3) is 11.3 Å². The molecule has 1 amide bonds. The molecule has 1 atom stereocenters. The fourth-order valence-electron chi connectivity index (χ4n) is 2.67. The molecule has 0 aliphatic carbocycles. The van der Waals surface area contributed by atoms with Gasteiger partial charge >= 0.3 is 0 Å². The van der Waals surface area contributed by atoms with Crippen LogP contribution in [-0.4, -0.2) is 10.9 Å². The number of hydrogen-bond acceptors (Lipinski definition) is 3. The van der Waals surface area contributed by atoms with Crippen LogP contribution >= 0.6 is 15.9 Å². The largest absolute Gasteiger partial charge is 0.441 e. The van der Waals surface area contributed by atoms with Crippen LogP contribution in [0.2, 0.25) is 0 Å². The van der Waals surface area contributed by atoms with Crippen LogP contribution in [0.3, 0.4) is 0 Å². The summed E-state index contributed by atoms with van der Waals surface area (Å²) >= 11 is 3.40. The molecule has 140 valence electrons. The molecular weight excluding hydrogens is 418 g/mol. The molecule has 27 heavy (non-hydrogen) atoms. The molecular formula is C20H17BrF2N2O2. The summed E-state index contributed by atoms with van der Waals surface area (Å²) in [6.45, 7) is 1.89. The topological polar surface area (TPSA) is 55.1 Å². The number of nitrogens with zero attached hydrogens (tertiary/aromatic N) is 1. The minimum absolute atomic E-state index is 0.00325. The second kappa shape index (κ2) is 8.43. The minimum atomic E-state index is -0.724. The van der Waals surface area contributed by atoms with Gasteiger partial charge in [-0.2, -0.15) is 0 Å². The van der Waals surface area contributed by atoms with Gasteiger partial charge in [0.05, 0.1) is 17.8 Å². The van der Waals surface area contributed by atoms with Crippen LogP contribution < -0.4 is 5.32 Å². The highest BCUT2D eigenvalue weighted by atomic mass is 79.9. The second-order valence-electron chi connectivity index (χ2n) is 6.06. The number of nitrogens with one attached hydrogen (secondary N) is 1. The number of benzene rings is 2. The summed E-state index contributed by atoms with van der Waals surface area (Å²) in [5.74, 6) is -1.36. The zero-order valence-electron chi connectivity index (χ0n) is 14.5. The van der Waals surface area contributed by atoms with Crippen molar-refractivity contribution in [1.29, 1.82) is 0 Å². The minimum Gasteiger partial charge on any atom is -0.441 e. The molecule has 3 aromatic rings. The van der Waals surface area contributed by atoms with Gasteiger partial charge in [-0.05, 0) is 36.8 Å². The van der Waals surface area contributed by atoms with Gasteiger partial charge in [0.2, 0.25) is 5.91 Å². The maximum absolute atomic E-state index is 13.8. The van der Waals surface area contributed by atoms with E-state index in [0.717, 1.165) is 22.2 Å². The number of aromatic nitrogens is 1. The van der Waals surface area contributed by atoms with Gasteiger partial charge < -0.3 is 9.73 Å². The number of carbonyl (C=O) groups excluding carboxylic acids is 1. The van der Waals surface area contributed by atoms with Gasteiger partial charge in [-0.3, -0.25) is 4.79 Å². The average Bonchev–Trinajstić information content (AvgIpc) is 3.08. The first kappa shape index (κ1) is 19.2. The average molecular weight is 435 g/mol. The van der Waals surface area contributed by atoms with Gasteiger partial charge in [-0.1, -0.05) is 34.1 Å². The maximum Gasteiger partial charge on any atom is 0.220 e. The first-order valence-electron chi connectivity index (χ1n) is 8.38. The van der Waals surface area contributed by atoms with E-state index in [-0.39, 0.29) is 42.0 Å². The highest BCUT2D eigenvalue weighted by Crippen LogP contribution is 2.26.